The third-order valence-corrected chi connectivity index (χ3v) is 3.20. The van der Waals surface area contributed by atoms with Gasteiger partial charge in [-0.25, -0.2) is 0 Å². The minimum atomic E-state index is 0. The van der Waals surface area contributed by atoms with Crippen LogP contribution in [0.15, 0.2) is 0 Å². The van der Waals surface area contributed by atoms with Gasteiger partial charge in [-0.05, 0) is 38.3 Å². The van der Waals surface area contributed by atoms with Crippen molar-refractivity contribution in [3.05, 3.63) is 0 Å². The molecule has 1 unspecified atom stereocenters. The molecule has 1 heterocycles. The van der Waals surface area contributed by atoms with Crippen LogP contribution in [-0.4, -0.2) is 37.5 Å². The lowest BCUT2D eigenvalue weighted by atomic mass is 10.0. The molecule has 1 atom stereocenters. The van der Waals surface area contributed by atoms with E-state index in [0.29, 0.717) is 5.91 Å². The summed E-state index contributed by atoms with van der Waals surface area (Å²) in [6.07, 6.45) is 5.30. The highest BCUT2D eigenvalue weighted by atomic mass is 35.5. The average Bonchev–Trinajstić information content (AvgIpc) is 2.75. The summed E-state index contributed by atoms with van der Waals surface area (Å²) in [5, 5.41) is 3.33. The van der Waals surface area contributed by atoms with Crippen molar-refractivity contribution in [2.45, 2.75) is 39.0 Å². The van der Waals surface area contributed by atoms with Gasteiger partial charge in [0.25, 0.3) is 0 Å². The zero-order chi connectivity index (χ0) is 11.1. The van der Waals surface area contributed by atoms with Crippen molar-refractivity contribution < 1.29 is 4.79 Å². The second-order valence-corrected chi connectivity index (χ2v) is 4.57. The summed E-state index contributed by atoms with van der Waals surface area (Å²) in [4.78, 5) is 13.6. The summed E-state index contributed by atoms with van der Waals surface area (Å²) in [6, 6.07) is 0. The maximum atomic E-state index is 11.7. The first kappa shape index (κ1) is 15.7. The summed E-state index contributed by atoms with van der Waals surface area (Å²) in [7, 11) is 1.92. The number of nitrogens with one attached hydrogen (secondary N) is 1. The Hall–Kier alpha value is -0.280. The quantitative estimate of drug-likeness (QED) is 0.781. The maximum Gasteiger partial charge on any atom is 0.222 e. The summed E-state index contributed by atoms with van der Waals surface area (Å²) in [6.45, 7) is 5.30. The van der Waals surface area contributed by atoms with Gasteiger partial charge in [-0.2, -0.15) is 0 Å². The van der Waals surface area contributed by atoms with E-state index in [4.69, 9.17) is 0 Å². The molecule has 1 amide bonds. The van der Waals surface area contributed by atoms with Gasteiger partial charge in [0.1, 0.15) is 0 Å². The van der Waals surface area contributed by atoms with Crippen LogP contribution >= 0.6 is 12.4 Å². The van der Waals surface area contributed by atoms with Crippen LogP contribution in [0.5, 0.6) is 0 Å². The molecule has 1 saturated heterocycles. The van der Waals surface area contributed by atoms with Gasteiger partial charge < -0.3 is 10.2 Å². The van der Waals surface area contributed by atoms with Crippen molar-refractivity contribution in [1.29, 1.82) is 0 Å². The number of carbonyl (C=O) groups is 1. The van der Waals surface area contributed by atoms with Gasteiger partial charge in [-0.15, -0.1) is 12.4 Å². The molecule has 96 valence electrons. The molecular weight excluding hydrogens is 224 g/mol. The molecule has 1 N–H and O–H groups in total. The van der Waals surface area contributed by atoms with Gasteiger partial charge in [0.15, 0.2) is 0 Å². The predicted octanol–water partition coefficient (Wildman–Crippen LogP) is 2.06. The van der Waals surface area contributed by atoms with Crippen LogP contribution in [0.3, 0.4) is 0 Å². The first-order valence-electron chi connectivity index (χ1n) is 6.18. The Bertz CT molecular complexity index is 193. The van der Waals surface area contributed by atoms with E-state index in [9.17, 15) is 4.79 Å². The van der Waals surface area contributed by atoms with Crippen molar-refractivity contribution in [1.82, 2.24) is 10.2 Å². The number of carbonyl (C=O) groups excluding carboxylic acids is 1. The van der Waals surface area contributed by atoms with E-state index >= 15 is 0 Å². The number of unbranched alkanes of at least 4 members (excludes halogenated alkanes) is 1. The minimum absolute atomic E-state index is 0. The summed E-state index contributed by atoms with van der Waals surface area (Å²) >= 11 is 0. The molecule has 3 nitrogen and oxygen atoms in total. The van der Waals surface area contributed by atoms with E-state index in [0.717, 1.165) is 51.2 Å². The highest BCUT2D eigenvalue weighted by Gasteiger charge is 2.16. The molecule has 0 bridgehead atoms. The molecule has 0 saturated carbocycles. The summed E-state index contributed by atoms with van der Waals surface area (Å²) in [5.74, 6) is 1.05. The van der Waals surface area contributed by atoms with Crippen molar-refractivity contribution in [2.24, 2.45) is 5.92 Å². The Morgan fingerprint density at radius 2 is 2.25 bits per heavy atom. The molecule has 1 fully saturated rings. The lowest BCUT2D eigenvalue weighted by Gasteiger charge is -2.17. The number of halogens is 1. The molecule has 0 spiro atoms. The van der Waals surface area contributed by atoms with Gasteiger partial charge >= 0.3 is 0 Å². The van der Waals surface area contributed by atoms with Crippen LogP contribution < -0.4 is 5.32 Å². The Morgan fingerprint density at radius 3 is 2.81 bits per heavy atom. The third kappa shape index (κ3) is 5.71. The van der Waals surface area contributed by atoms with E-state index in [1.54, 1.807) is 0 Å². The van der Waals surface area contributed by atoms with E-state index < -0.39 is 0 Å². The standard InChI is InChI=1S/C12H24N2O.ClH/c1-3-4-9-14(2)12(15)6-5-11-7-8-13-10-11;/h11,13H,3-10H2,1-2H3;1H. The highest BCUT2D eigenvalue weighted by molar-refractivity contribution is 5.85. The van der Waals surface area contributed by atoms with E-state index in [2.05, 4.69) is 12.2 Å². The van der Waals surface area contributed by atoms with Crippen molar-refractivity contribution >= 4 is 18.3 Å². The molecule has 1 rings (SSSR count). The van der Waals surface area contributed by atoms with Gasteiger partial charge in [0, 0.05) is 20.0 Å². The predicted molar refractivity (Wildman–Crippen MR) is 70.0 cm³/mol. The second kappa shape index (κ2) is 8.82. The fourth-order valence-electron chi connectivity index (χ4n) is 2.00. The third-order valence-electron chi connectivity index (χ3n) is 3.20. The Morgan fingerprint density at radius 1 is 1.50 bits per heavy atom. The van der Waals surface area contributed by atoms with Crippen LogP contribution in [0.25, 0.3) is 0 Å². The number of rotatable bonds is 6. The molecule has 16 heavy (non-hydrogen) atoms. The molecule has 0 radical (unpaired) electrons. The van der Waals surface area contributed by atoms with E-state index in [1.165, 1.54) is 6.42 Å². The fourth-order valence-corrected chi connectivity index (χ4v) is 2.00. The molecule has 0 aliphatic carbocycles. The zero-order valence-corrected chi connectivity index (χ0v) is 11.3. The molecular formula is C12H25ClN2O. The summed E-state index contributed by atoms with van der Waals surface area (Å²) < 4.78 is 0. The second-order valence-electron chi connectivity index (χ2n) is 4.57. The monoisotopic (exact) mass is 248 g/mol. The normalized spacial score (nSPS) is 19.2. The first-order valence-corrected chi connectivity index (χ1v) is 6.18. The smallest absolute Gasteiger partial charge is 0.222 e. The van der Waals surface area contributed by atoms with Crippen LogP contribution in [0.4, 0.5) is 0 Å². The molecule has 4 heteroatoms. The lowest BCUT2D eigenvalue weighted by Crippen LogP contribution is -2.28. The highest BCUT2D eigenvalue weighted by Crippen LogP contribution is 2.14. The topological polar surface area (TPSA) is 32.3 Å². The van der Waals surface area contributed by atoms with Crippen molar-refractivity contribution in [2.75, 3.05) is 26.7 Å². The minimum Gasteiger partial charge on any atom is -0.346 e. The molecule has 0 aromatic carbocycles. The van der Waals surface area contributed by atoms with Crippen molar-refractivity contribution in [3.63, 3.8) is 0 Å². The van der Waals surface area contributed by atoms with E-state index in [1.807, 2.05) is 11.9 Å². The SMILES string of the molecule is CCCCN(C)C(=O)CCC1CCNC1.Cl. The number of amides is 1. The van der Waals surface area contributed by atoms with Gasteiger partial charge in [0.05, 0.1) is 0 Å². The van der Waals surface area contributed by atoms with Crippen molar-refractivity contribution in [3.8, 4) is 0 Å². The van der Waals surface area contributed by atoms with Gasteiger partial charge in [-0.3, -0.25) is 4.79 Å². The molecule has 0 aromatic rings. The summed E-state index contributed by atoms with van der Waals surface area (Å²) in [5.41, 5.74) is 0. The fraction of sp³-hybridized carbons (Fsp3) is 0.917. The van der Waals surface area contributed by atoms with Gasteiger partial charge in [0.2, 0.25) is 5.91 Å². The average molecular weight is 249 g/mol. The lowest BCUT2D eigenvalue weighted by molar-refractivity contribution is -0.130. The molecule has 0 aromatic heterocycles. The van der Waals surface area contributed by atoms with Crippen LogP contribution in [-0.2, 0) is 4.79 Å². The Kier molecular flexibility index (Phi) is 8.67. The Balaban J connectivity index is 0.00000225. The number of hydrogen-bond donors (Lipinski definition) is 1. The zero-order valence-electron chi connectivity index (χ0n) is 10.5. The van der Waals surface area contributed by atoms with Crippen LogP contribution in [0.1, 0.15) is 39.0 Å². The number of nitrogens with zero attached hydrogens (tertiary/aromatic N) is 1. The van der Waals surface area contributed by atoms with E-state index in [-0.39, 0.29) is 12.4 Å². The van der Waals surface area contributed by atoms with Gasteiger partial charge in [-0.1, -0.05) is 13.3 Å². The Labute approximate surface area is 105 Å². The molecule has 1 aliphatic rings. The number of hydrogen-bond acceptors (Lipinski definition) is 2. The van der Waals surface area contributed by atoms with Crippen LogP contribution in [0, 0.1) is 5.92 Å². The largest absolute Gasteiger partial charge is 0.346 e. The van der Waals surface area contributed by atoms with Crippen LogP contribution in [0.2, 0.25) is 0 Å². The molecule has 1 aliphatic heterocycles. The first-order chi connectivity index (χ1) is 7.24. The maximum absolute atomic E-state index is 11.7.